The Kier molecular flexibility index (Phi) is 15.5. The van der Waals surface area contributed by atoms with Crippen molar-refractivity contribution in [1.82, 2.24) is 38.2 Å². The molecule has 0 N–H and O–H groups in total. The van der Waals surface area contributed by atoms with Crippen molar-refractivity contribution in [2.24, 2.45) is 0 Å². The van der Waals surface area contributed by atoms with Crippen LogP contribution in [0, 0.1) is 0 Å². The second-order valence-electron chi connectivity index (χ2n) is 30.8. The van der Waals surface area contributed by atoms with E-state index in [4.69, 9.17) is 24.4 Å². The molecule has 9 nitrogen and oxygen atoms in total. The fraction of sp³-hybridized carbons (Fsp3) is 0. The van der Waals surface area contributed by atoms with Crippen LogP contribution in [0.15, 0.2) is 417 Å². The molecule has 7 aromatic heterocycles. The van der Waals surface area contributed by atoms with E-state index in [1.165, 1.54) is 32.6 Å². The van der Waals surface area contributed by atoms with E-state index in [0.29, 0.717) is 11.8 Å². The van der Waals surface area contributed by atoms with Crippen molar-refractivity contribution < 1.29 is 4.42 Å². The summed E-state index contributed by atoms with van der Waals surface area (Å²) in [5.74, 6) is 1.28. The normalized spacial score (nSPS) is 11.9. The Labute approximate surface area is 683 Å². The summed E-state index contributed by atoms with van der Waals surface area (Å²) in [6, 6.07) is 148. The molecular weight excluding hydrogens is 1450 g/mol. The molecule has 119 heavy (non-hydrogen) atoms. The van der Waals surface area contributed by atoms with Crippen LogP contribution in [-0.2, 0) is 0 Å². The molecule has 0 radical (unpaired) electrons. The van der Waals surface area contributed by atoms with Gasteiger partial charge >= 0.3 is 0 Å². The lowest BCUT2D eigenvalue weighted by molar-refractivity contribution is 0.666. The zero-order valence-electron chi connectivity index (χ0n) is 64.2. The monoisotopic (exact) mass is 1520 g/mol. The molecule has 7 heterocycles. The van der Waals surface area contributed by atoms with Crippen molar-refractivity contribution in [2.75, 3.05) is 0 Å². The minimum atomic E-state index is 0.623. The molecule has 0 atom stereocenters. The van der Waals surface area contributed by atoms with E-state index in [1.54, 1.807) is 0 Å². The molecule has 17 aromatic carbocycles. The Morgan fingerprint density at radius 2 is 0.504 bits per heavy atom. The lowest BCUT2D eigenvalue weighted by atomic mass is 9.97. The first kappa shape index (κ1) is 67.4. The molecule has 0 saturated heterocycles. The van der Waals surface area contributed by atoms with E-state index in [2.05, 4.69) is 400 Å². The first-order chi connectivity index (χ1) is 59.0. The van der Waals surface area contributed by atoms with Crippen molar-refractivity contribution in [1.29, 1.82) is 0 Å². The van der Waals surface area contributed by atoms with E-state index >= 15 is 0 Å². The van der Waals surface area contributed by atoms with Gasteiger partial charge in [0.1, 0.15) is 5.58 Å². The van der Waals surface area contributed by atoms with Crippen molar-refractivity contribution in [3.63, 3.8) is 0 Å². The van der Waals surface area contributed by atoms with Gasteiger partial charge in [0, 0.05) is 93.1 Å². The van der Waals surface area contributed by atoms with Gasteiger partial charge in [-0.2, -0.15) is 0 Å². The third kappa shape index (κ3) is 11.2. The van der Waals surface area contributed by atoms with Gasteiger partial charge in [0.2, 0.25) is 5.95 Å². The lowest BCUT2D eigenvalue weighted by Crippen LogP contribution is -2.03. The van der Waals surface area contributed by atoms with Crippen LogP contribution >= 0.6 is 0 Å². The average Bonchev–Trinajstić information content (AvgIpc) is 1.59. The van der Waals surface area contributed by atoms with Gasteiger partial charge in [-0.1, -0.05) is 279 Å². The smallest absolute Gasteiger partial charge is 0.235 e. The number of hydrogen-bond acceptors (Lipinski definition) is 5. The molecule has 0 aliphatic carbocycles. The highest BCUT2D eigenvalue weighted by Crippen LogP contribution is 2.45. The van der Waals surface area contributed by atoms with Crippen LogP contribution in [0.1, 0.15) is 0 Å². The van der Waals surface area contributed by atoms with Crippen molar-refractivity contribution in [2.45, 2.75) is 0 Å². The van der Waals surface area contributed by atoms with E-state index in [9.17, 15) is 0 Å². The quantitative estimate of drug-likeness (QED) is 0.115. The van der Waals surface area contributed by atoms with Crippen LogP contribution < -0.4 is 0 Å². The predicted octanol–water partition coefficient (Wildman–Crippen LogP) is 28.6. The second kappa shape index (κ2) is 27.3. The van der Waals surface area contributed by atoms with Crippen molar-refractivity contribution in [3.05, 3.63) is 413 Å². The Bertz CT molecular complexity index is 8110. The van der Waals surface area contributed by atoms with Crippen LogP contribution in [0.4, 0.5) is 0 Å². The summed E-state index contributed by atoms with van der Waals surface area (Å²) in [4.78, 5) is 21.2. The van der Waals surface area contributed by atoms with Crippen LogP contribution in [-0.4, -0.2) is 38.2 Å². The van der Waals surface area contributed by atoms with Crippen LogP contribution in [0.25, 0.3) is 233 Å². The van der Waals surface area contributed by atoms with Gasteiger partial charge in [0.05, 0.1) is 72.6 Å². The Hall–Kier alpha value is -16.1. The number of aromatic nitrogens is 8. The van der Waals surface area contributed by atoms with Gasteiger partial charge in [-0.3, -0.25) is 4.57 Å². The zero-order chi connectivity index (χ0) is 78.2. The minimum Gasteiger partial charge on any atom is -0.454 e. The summed E-state index contributed by atoms with van der Waals surface area (Å²) in [6.07, 6.45) is 0. The number of hydrogen-bond donors (Lipinski definition) is 0. The van der Waals surface area contributed by atoms with Gasteiger partial charge in [-0.15, -0.1) is 0 Å². The van der Waals surface area contributed by atoms with Gasteiger partial charge < -0.3 is 18.1 Å². The zero-order valence-corrected chi connectivity index (χ0v) is 64.2. The first-order valence-corrected chi connectivity index (χ1v) is 40.4. The van der Waals surface area contributed by atoms with Crippen molar-refractivity contribution >= 4 is 109 Å². The Balaban J connectivity index is 0.550. The second-order valence-corrected chi connectivity index (χ2v) is 30.8. The molecule has 0 amide bonds. The number of para-hydroxylation sites is 6. The highest BCUT2D eigenvalue weighted by molar-refractivity contribution is 6.17. The summed E-state index contributed by atoms with van der Waals surface area (Å²) in [6.45, 7) is 0. The van der Waals surface area contributed by atoms with Crippen LogP contribution in [0.3, 0.4) is 0 Å². The molecule has 24 aromatic rings. The average molecular weight is 1520 g/mol. The van der Waals surface area contributed by atoms with E-state index in [-0.39, 0.29) is 0 Å². The molecular formula is C110H68N8O. The molecule has 24 rings (SSSR count). The van der Waals surface area contributed by atoms with Crippen LogP contribution in [0.5, 0.6) is 0 Å². The number of furan rings is 1. The molecule has 554 valence electrons. The summed E-state index contributed by atoms with van der Waals surface area (Å²) >= 11 is 0. The predicted molar refractivity (Wildman–Crippen MR) is 491 cm³/mol. The van der Waals surface area contributed by atoms with Crippen molar-refractivity contribution in [3.8, 4) is 124 Å². The highest BCUT2D eigenvalue weighted by Gasteiger charge is 2.24. The number of rotatable bonds is 13. The number of benzene rings is 17. The van der Waals surface area contributed by atoms with E-state index < -0.39 is 0 Å². The molecule has 0 bridgehead atoms. The SMILES string of the molecule is c1ccc(-c2cc(-c3ccccc3)nc(-n3c4ccccc4c4cc(-c5ccc6c(c5)c5ccccc5n6-c5cccc6c5oc5ccc(-c7ccc(-c8cc(-c9cccc(-c%10ccc%11c(c%10)c%10cc(-c%12cccc(-n%13c%14ccccc%14c%14ccccc%14%13)c%12)ccc%10n%11-c%10ccccc%10)c9)nc(-c9ccccc9)n8)cc7)cc56)ccc43)n2)cc1. The molecule has 0 fully saturated rings. The van der Waals surface area contributed by atoms with E-state index in [1.807, 2.05) is 30.3 Å². The molecule has 0 aliphatic rings. The maximum Gasteiger partial charge on any atom is 0.235 e. The summed E-state index contributed by atoms with van der Waals surface area (Å²) in [5.41, 5.74) is 31.1. The summed E-state index contributed by atoms with van der Waals surface area (Å²) in [5, 5.41) is 11.5. The highest BCUT2D eigenvalue weighted by atomic mass is 16.3. The fourth-order valence-corrected chi connectivity index (χ4v) is 18.4. The largest absolute Gasteiger partial charge is 0.454 e. The van der Waals surface area contributed by atoms with Gasteiger partial charge in [-0.25, -0.2) is 19.9 Å². The summed E-state index contributed by atoms with van der Waals surface area (Å²) in [7, 11) is 0. The topological polar surface area (TPSA) is 84.4 Å². The maximum absolute atomic E-state index is 7.01. The lowest BCUT2D eigenvalue weighted by Gasteiger charge is -2.12. The third-order valence-corrected chi connectivity index (χ3v) is 24.0. The Morgan fingerprint density at radius 1 is 0.176 bits per heavy atom. The standard InChI is InChI=1S/C110H68N8O/c1-5-24-70(25-6-1)95-68-96(71-26-7-2-8-27-71)114-110(113-95)118-101-44-20-16-39-87(101)90-63-80(53-58-105(90)118)79-52-57-104-89(62-79)86-38-15-19-43-100(86)117(104)106-45-23-40-88-93-66-76(54-59-107(93)119-108(88)106)69-46-48-72(49-47-69)94-67-97(112-109(111-94)73-28-9-3-10-29-73)81-32-21-30-74(60-81)77-50-55-102-91(64-77)92-65-78(51-56-103(92)115(102)82-33-11-4-12-34-82)75-31-22-35-83(61-75)116-98-41-17-13-36-84(98)85-37-14-18-42-99(85)116/h1-68H. The summed E-state index contributed by atoms with van der Waals surface area (Å²) < 4.78 is 16.4. The van der Waals surface area contributed by atoms with Gasteiger partial charge in [0.25, 0.3) is 0 Å². The fourth-order valence-electron chi connectivity index (χ4n) is 18.4. The number of fused-ring (bicyclic) bond motifs is 15. The maximum atomic E-state index is 7.01. The number of nitrogens with zero attached hydrogens (tertiary/aromatic N) is 8. The molecule has 0 aliphatic heterocycles. The van der Waals surface area contributed by atoms with Crippen LogP contribution in [0.2, 0.25) is 0 Å². The first-order valence-electron chi connectivity index (χ1n) is 40.4. The van der Waals surface area contributed by atoms with Gasteiger partial charge in [-0.05, 0) is 178 Å². The molecule has 0 saturated carbocycles. The molecule has 0 spiro atoms. The Morgan fingerprint density at radius 3 is 1.07 bits per heavy atom. The minimum absolute atomic E-state index is 0.623. The molecule has 0 unspecified atom stereocenters. The molecule has 9 heteroatoms. The van der Waals surface area contributed by atoms with E-state index in [0.717, 1.165) is 189 Å². The third-order valence-electron chi connectivity index (χ3n) is 24.0. The van der Waals surface area contributed by atoms with Gasteiger partial charge in [0.15, 0.2) is 11.4 Å².